The van der Waals surface area contributed by atoms with Crippen LogP contribution in [0.3, 0.4) is 0 Å². The van der Waals surface area contributed by atoms with E-state index in [2.05, 4.69) is 5.32 Å². The zero-order valence-corrected chi connectivity index (χ0v) is 14.0. The van der Waals surface area contributed by atoms with E-state index in [1.54, 1.807) is 12.1 Å². The third-order valence-corrected chi connectivity index (χ3v) is 5.97. The third kappa shape index (κ3) is 2.84. The van der Waals surface area contributed by atoms with Gasteiger partial charge in [-0.2, -0.15) is 0 Å². The summed E-state index contributed by atoms with van der Waals surface area (Å²) >= 11 is 2.71. The Morgan fingerprint density at radius 3 is 2.45 bits per heavy atom. The van der Waals surface area contributed by atoms with Crippen LogP contribution in [0.2, 0.25) is 0 Å². The molecule has 118 valence electrons. The van der Waals surface area contributed by atoms with Crippen molar-refractivity contribution in [2.45, 2.75) is 37.5 Å². The fourth-order valence-electron chi connectivity index (χ4n) is 2.74. The van der Waals surface area contributed by atoms with E-state index in [9.17, 15) is 9.90 Å². The van der Waals surface area contributed by atoms with Crippen LogP contribution in [0.1, 0.15) is 29.5 Å². The summed E-state index contributed by atoms with van der Waals surface area (Å²) in [5.41, 5.74) is -1.71. The van der Waals surface area contributed by atoms with E-state index in [0.29, 0.717) is 9.75 Å². The molecule has 0 saturated carbocycles. The average molecular weight is 337 g/mol. The lowest BCUT2D eigenvalue weighted by Gasteiger charge is -2.28. The Morgan fingerprint density at radius 1 is 1.36 bits per heavy atom. The van der Waals surface area contributed by atoms with Gasteiger partial charge in [0.1, 0.15) is 6.10 Å². The van der Waals surface area contributed by atoms with Crippen LogP contribution < -0.4 is 5.32 Å². The number of aliphatic hydroxyl groups is 1. The number of esters is 1. The Balaban J connectivity index is 1.85. The van der Waals surface area contributed by atoms with Crippen molar-refractivity contribution in [3.05, 3.63) is 44.8 Å². The number of carbonyl (C=O) groups is 1. The monoisotopic (exact) mass is 337 g/mol. The summed E-state index contributed by atoms with van der Waals surface area (Å²) in [6.45, 7) is 2.83. The van der Waals surface area contributed by atoms with E-state index in [1.807, 2.05) is 29.8 Å². The number of carbonyl (C=O) groups excluding carboxylic acids is 1. The molecule has 1 saturated heterocycles. The fraction of sp³-hybridized carbons (Fsp3) is 0.438. The number of hydrogen-bond acceptors (Lipinski definition) is 6. The zero-order chi connectivity index (χ0) is 15.6. The van der Waals surface area contributed by atoms with Crippen LogP contribution in [0, 0.1) is 0 Å². The number of hydrogen-bond donors (Lipinski definition) is 2. The van der Waals surface area contributed by atoms with Crippen LogP contribution in [0.15, 0.2) is 35.0 Å². The molecule has 1 aliphatic heterocycles. The van der Waals surface area contributed by atoms with E-state index in [-0.39, 0.29) is 12.1 Å². The van der Waals surface area contributed by atoms with E-state index in [0.717, 1.165) is 19.4 Å². The van der Waals surface area contributed by atoms with Crippen molar-refractivity contribution in [3.8, 4) is 0 Å². The van der Waals surface area contributed by atoms with Gasteiger partial charge in [0.2, 0.25) is 5.60 Å². The Hall–Kier alpha value is -1.21. The zero-order valence-electron chi connectivity index (χ0n) is 12.3. The molecule has 0 bridgehead atoms. The van der Waals surface area contributed by atoms with Crippen LogP contribution in [0.4, 0.5) is 0 Å². The molecule has 0 spiro atoms. The van der Waals surface area contributed by atoms with Gasteiger partial charge in [0.25, 0.3) is 0 Å². The maximum absolute atomic E-state index is 12.7. The first kappa shape index (κ1) is 15.7. The largest absolute Gasteiger partial charge is 0.458 e. The first-order valence-corrected chi connectivity index (χ1v) is 9.13. The number of ether oxygens (including phenoxy) is 1. The normalized spacial score (nSPS) is 20.0. The molecule has 6 heteroatoms. The summed E-state index contributed by atoms with van der Waals surface area (Å²) in [6, 6.07) is 7.36. The van der Waals surface area contributed by atoms with Crippen molar-refractivity contribution >= 4 is 28.6 Å². The van der Waals surface area contributed by atoms with Gasteiger partial charge in [-0.1, -0.05) is 12.1 Å². The molecule has 1 fully saturated rings. The quantitative estimate of drug-likeness (QED) is 0.824. The van der Waals surface area contributed by atoms with E-state index < -0.39 is 11.6 Å². The number of thiophene rings is 2. The molecule has 0 aliphatic carbocycles. The lowest BCUT2D eigenvalue weighted by atomic mass is 9.99. The van der Waals surface area contributed by atoms with Gasteiger partial charge in [-0.15, -0.1) is 22.7 Å². The SMILES string of the molecule is C[C@H](OC(=O)C(O)(c1cccs1)c1cccs1)C1CCCN1. The predicted octanol–water partition coefficient (Wildman–Crippen LogP) is 2.73. The van der Waals surface area contributed by atoms with Crippen LogP contribution in [-0.4, -0.2) is 29.8 Å². The number of nitrogens with one attached hydrogen (secondary N) is 1. The van der Waals surface area contributed by atoms with E-state index in [4.69, 9.17) is 4.74 Å². The summed E-state index contributed by atoms with van der Waals surface area (Å²) in [5.74, 6) is -0.599. The Bertz CT molecular complexity index is 569. The van der Waals surface area contributed by atoms with Gasteiger partial charge < -0.3 is 15.2 Å². The third-order valence-electron chi connectivity index (χ3n) is 4.01. The minimum Gasteiger partial charge on any atom is -0.458 e. The summed E-state index contributed by atoms with van der Waals surface area (Å²) in [4.78, 5) is 13.9. The summed E-state index contributed by atoms with van der Waals surface area (Å²) in [7, 11) is 0. The van der Waals surface area contributed by atoms with Gasteiger partial charge in [-0.3, -0.25) is 0 Å². The summed E-state index contributed by atoms with van der Waals surface area (Å²) in [6.07, 6.45) is 1.82. The average Bonchev–Trinajstić information content (AvgIpc) is 3.29. The molecule has 2 N–H and O–H groups in total. The second kappa shape index (κ2) is 6.50. The first-order valence-electron chi connectivity index (χ1n) is 7.37. The fourth-order valence-corrected chi connectivity index (χ4v) is 4.45. The van der Waals surface area contributed by atoms with Gasteiger partial charge in [0, 0.05) is 6.04 Å². The summed E-state index contributed by atoms with van der Waals surface area (Å²) < 4.78 is 5.61. The highest BCUT2D eigenvalue weighted by atomic mass is 32.1. The van der Waals surface area contributed by atoms with Gasteiger partial charge in [0.05, 0.1) is 9.75 Å². The topological polar surface area (TPSA) is 58.6 Å². The minimum absolute atomic E-state index is 0.167. The molecule has 1 aliphatic rings. The van der Waals surface area contributed by atoms with E-state index >= 15 is 0 Å². The van der Waals surface area contributed by atoms with Gasteiger partial charge in [0.15, 0.2) is 0 Å². The lowest BCUT2D eigenvalue weighted by Crippen LogP contribution is -2.43. The van der Waals surface area contributed by atoms with Crippen LogP contribution in [-0.2, 0) is 15.1 Å². The second-order valence-electron chi connectivity index (χ2n) is 5.48. The maximum atomic E-state index is 12.7. The van der Waals surface area contributed by atoms with Crippen molar-refractivity contribution in [2.24, 2.45) is 0 Å². The molecule has 22 heavy (non-hydrogen) atoms. The van der Waals surface area contributed by atoms with Crippen LogP contribution in [0.25, 0.3) is 0 Å². The van der Waals surface area contributed by atoms with Crippen molar-refractivity contribution < 1.29 is 14.6 Å². The van der Waals surface area contributed by atoms with Crippen molar-refractivity contribution in [1.82, 2.24) is 5.32 Å². The van der Waals surface area contributed by atoms with Crippen molar-refractivity contribution in [1.29, 1.82) is 0 Å². The van der Waals surface area contributed by atoms with Crippen LogP contribution >= 0.6 is 22.7 Å². The molecular weight excluding hydrogens is 318 g/mol. The van der Waals surface area contributed by atoms with E-state index in [1.165, 1.54) is 22.7 Å². The van der Waals surface area contributed by atoms with Gasteiger partial charge >= 0.3 is 5.97 Å². The Kier molecular flexibility index (Phi) is 4.63. The molecule has 4 nitrogen and oxygen atoms in total. The molecule has 2 atom stereocenters. The highest BCUT2D eigenvalue weighted by Crippen LogP contribution is 2.37. The highest BCUT2D eigenvalue weighted by Gasteiger charge is 2.45. The minimum atomic E-state index is -1.71. The lowest BCUT2D eigenvalue weighted by molar-refractivity contribution is -0.167. The summed E-state index contributed by atoms with van der Waals surface area (Å²) in [5, 5.41) is 18.1. The molecule has 1 unspecified atom stereocenters. The van der Waals surface area contributed by atoms with Gasteiger partial charge in [-0.05, 0) is 49.2 Å². The Labute approximate surface area is 137 Å². The molecule has 3 rings (SSSR count). The molecule has 2 aromatic heterocycles. The highest BCUT2D eigenvalue weighted by molar-refractivity contribution is 7.12. The van der Waals surface area contributed by atoms with Crippen LogP contribution in [0.5, 0.6) is 0 Å². The van der Waals surface area contributed by atoms with Gasteiger partial charge in [-0.25, -0.2) is 4.79 Å². The van der Waals surface area contributed by atoms with Crippen molar-refractivity contribution in [3.63, 3.8) is 0 Å². The first-order chi connectivity index (χ1) is 10.6. The second-order valence-corrected chi connectivity index (χ2v) is 7.37. The standard InChI is InChI=1S/C16H19NO3S2/c1-11(12-5-2-8-17-12)20-15(18)16(19,13-6-3-9-21-13)14-7-4-10-22-14/h3-4,6-7,9-12,17,19H,2,5,8H2,1H3/t11-,12?/m0/s1. The predicted molar refractivity (Wildman–Crippen MR) is 88.2 cm³/mol. The molecule has 0 amide bonds. The molecule has 2 aromatic rings. The maximum Gasteiger partial charge on any atom is 0.349 e. The molecular formula is C16H19NO3S2. The Morgan fingerprint density at radius 2 is 2.00 bits per heavy atom. The number of rotatable bonds is 5. The molecule has 3 heterocycles. The molecule has 0 radical (unpaired) electrons. The molecule has 0 aromatic carbocycles. The smallest absolute Gasteiger partial charge is 0.349 e. The van der Waals surface area contributed by atoms with Crippen molar-refractivity contribution in [2.75, 3.05) is 6.54 Å².